The molecule has 0 heterocycles. The first kappa shape index (κ1) is 20.6. The molecule has 0 unspecified atom stereocenters. The molecule has 8 heteroatoms. The zero-order valence-corrected chi connectivity index (χ0v) is 16.7. The van der Waals surface area contributed by atoms with Gasteiger partial charge in [0.25, 0.3) is 0 Å². The van der Waals surface area contributed by atoms with E-state index in [9.17, 15) is 9.59 Å². The molecule has 0 spiro atoms. The van der Waals surface area contributed by atoms with Crippen LogP contribution in [0.4, 0.5) is 0 Å². The fourth-order valence-electron chi connectivity index (χ4n) is 2.21. The van der Waals surface area contributed by atoms with E-state index in [-0.39, 0.29) is 12.2 Å². The minimum Gasteiger partial charge on any atom is -0.493 e. The monoisotopic (exact) mass is 438 g/mol. The topological polar surface area (TPSA) is 80.3 Å². The molecule has 0 aliphatic carbocycles. The number of rotatable bonds is 9. The molecule has 27 heavy (non-hydrogen) atoms. The standard InChI is InChI=1S/C19H19BrO7/c1-23-16-7-12(8-17(24-2)19(16)25-3)15(21)10-27-18(22)11-26-14-6-4-5-13(20)9-14/h4-9H,10-11H2,1-3H3. The molecular formula is C19H19BrO7. The Hall–Kier alpha value is -2.74. The van der Waals surface area contributed by atoms with Crippen LogP contribution in [0.15, 0.2) is 40.9 Å². The average molecular weight is 439 g/mol. The van der Waals surface area contributed by atoms with E-state index in [1.165, 1.54) is 33.5 Å². The second kappa shape index (κ2) is 9.82. The van der Waals surface area contributed by atoms with E-state index in [4.69, 9.17) is 23.7 Å². The van der Waals surface area contributed by atoms with E-state index in [0.29, 0.717) is 23.0 Å². The summed E-state index contributed by atoms with van der Waals surface area (Å²) in [6.45, 7) is -0.738. The molecule has 7 nitrogen and oxygen atoms in total. The van der Waals surface area contributed by atoms with E-state index in [1.807, 2.05) is 6.07 Å². The number of hydrogen-bond acceptors (Lipinski definition) is 7. The van der Waals surface area contributed by atoms with Gasteiger partial charge in [-0.2, -0.15) is 0 Å². The van der Waals surface area contributed by atoms with Gasteiger partial charge in [0.05, 0.1) is 21.3 Å². The summed E-state index contributed by atoms with van der Waals surface area (Å²) in [7, 11) is 4.37. The third-order valence-electron chi connectivity index (χ3n) is 3.50. The van der Waals surface area contributed by atoms with E-state index in [2.05, 4.69) is 15.9 Å². The van der Waals surface area contributed by atoms with Crippen LogP contribution in [0.5, 0.6) is 23.0 Å². The van der Waals surface area contributed by atoms with Crippen LogP contribution in [-0.2, 0) is 9.53 Å². The number of carbonyl (C=O) groups is 2. The Bertz CT molecular complexity index is 794. The molecule has 0 radical (unpaired) electrons. The molecule has 0 N–H and O–H groups in total. The fourth-order valence-corrected chi connectivity index (χ4v) is 2.59. The molecule has 2 rings (SSSR count). The molecule has 2 aromatic carbocycles. The number of halogens is 1. The minimum atomic E-state index is -0.657. The first-order valence-corrected chi connectivity index (χ1v) is 8.65. The SMILES string of the molecule is COc1cc(C(=O)COC(=O)COc2cccc(Br)c2)cc(OC)c1OC. The number of ketones is 1. The number of benzene rings is 2. The minimum absolute atomic E-state index is 0.269. The third-order valence-corrected chi connectivity index (χ3v) is 4.00. The van der Waals surface area contributed by atoms with E-state index >= 15 is 0 Å². The predicted octanol–water partition coefficient (Wildman–Crippen LogP) is 3.28. The number of esters is 1. The maximum atomic E-state index is 12.3. The molecule has 0 fully saturated rings. The highest BCUT2D eigenvalue weighted by Crippen LogP contribution is 2.38. The fraction of sp³-hybridized carbons (Fsp3) is 0.263. The summed E-state index contributed by atoms with van der Waals surface area (Å²) >= 11 is 3.31. The largest absolute Gasteiger partial charge is 0.493 e. The van der Waals surface area contributed by atoms with Gasteiger partial charge in [-0.25, -0.2) is 4.79 Å². The van der Waals surface area contributed by atoms with Gasteiger partial charge in [-0.15, -0.1) is 0 Å². The number of ether oxygens (including phenoxy) is 5. The van der Waals surface area contributed by atoms with Crippen molar-refractivity contribution in [2.75, 3.05) is 34.5 Å². The van der Waals surface area contributed by atoms with Gasteiger partial charge in [-0.05, 0) is 30.3 Å². The molecule has 0 aliphatic heterocycles. The average Bonchev–Trinajstić information content (AvgIpc) is 2.69. The van der Waals surface area contributed by atoms with Gasteiger partial charge >= 0.3 is 5.97 Å². The molecule has 0 aromatic heterocycles. The normalized spacial score (nSPS) is 10.1. The maximum Gasteiger partial charge on any atom is 0.344 e. The third kappa shape index (κ3) is 5.62. The van der Waals surface area contributed by atoms with Gasteiger partial charge in [-0.1, -0.05) is 22.0 Å². The van der Waals surface area contributed by atoms with Crippen molar-refractivity contribution in [2.24, 2.45) is 0 Å². The van der Waals surface area contributed by atoms with Gasteiger partial charge < -0.3 is 23.7 Å². The lowest BCUT2D eigenvalue weighted by molar-refractivity contribution is -0.144. The van der Waals surface area contributed by atoms with Crippen molar-refractivity contribution in [3.8, 4) is 23.0 Å². The summed E-state index contributed by atoms with van der Waals surface area (Å²) < 4.78 is 26.7. The Kier molecular flexibility index (Phi) is 7.48. The van der Waals surface area contributed by atoms with Gasteiger partial charge in [-0.3, -0.25) is 4.79 Å². The van der Waals surface area contributed by atoms with Crippen LogP contribution in [-0.4, -0.2) is 46.3 Å². The number of hydrogen-bond donors (Lipinski definition) is 0. The van der Waals surface area contributed by atoms with Crippen molar-refractivity contribution >= 4 is 27.7 Å². The highest BCUT2D eigenvalue weighted by molar-refractivity contribution is 9.10. The van der Waals surface area contributed by atoms with Crippen molar-refractivity contribution in [1.29, 1.82) is 0 Å². The Balaban J connectivity index is 1.95. The van der Waals surface area contributed by atoms with Crippen molar-refractivity contribution in [1.82, 2.24) is 0 Å². The molecule has 0 bridgehead atoms. The zero-order valence-electron chi connectivity index (χ0n) is 15.1. The predicted molar refractivity (Wildman–Crippen MR) is 101 cm³/mol. The van der Waals surface area contributed by atoms with Crippen LogP contribution < -0.4 is 18.9 Å². The van der Waals surface area contributed by atoms with E-state index in [0.717, 1.165) is 4.47 Å². The highest BCUT2D eigenvalue weighted by atomic mass is 79.9. The summed E-state index contributed by atoms with van der Waals surface area (Å²) in [6.07, 6.45) is 0. The smallest absolute Gasteiger partial charge is 0.344 e. The van der Waals surface area contributed by atoms with Crippen LogP contribution in [0, 0.1) is 0 Å². The molecule has 0 saturated carbocycles. The molecule has 0 saturated heterocycles. The second-order valence-electron chi connectivity index (χ2n) is 5.24. The Morgan fingerprint density at radius 1 is 0.926 bits per heavy atom. The molecule has 0 amide bonds. The summed E-state index contributed by atoms with van der Waals surface area (Å²) in [5.41, 5.74) is 0.269. The highest BCUT2D eigenvalue weighted by Gasteiger charge is 2.18. The van der Waals surface area contributed by atoms with Crippen LogP contribution in [0.1, 0.15) is 10.4 Å². The van der Waals surface area contributed by atoms with Crippen LogP contribution in [0.2, 0.25) is 0 Å². The first-order valence-electron chi connectivity index (χ1n) is 7.85. The number of Topliss-reactive ketones (excluding diaryl/α,β-unsaturated/α-hetero) is 1. The first-order chi connectivity index (χ1) is 13.0. The Morgan fingerprint density at radius 3 is 2.15 bits per heavy atom. The van der Waals surface area contributed by atoms with Crippen molar-refractivity contribution in [3.05, 3.63) is 46.4 Å². The van der Waals surface area contributed by atoms with E-state index < -0.39 is 18.4 Å². The number of methoxy groups -OCH3 is 3. The number of carbonyl (C=O) groups excluding carboxylic acids is 2. The Morgan fingerprint density at radius 2 is 1.59 bits per heavy atom. The summed E-state index contributed by atoms with van der Waals surface area (Å²) in [5.74, 6) is 0.489. The molecule has 144 valence electrons. The van der Waals surface area contributed by atoms with Crippen molar-refractivity contribution in [2.45, 2.75) is 0 Å². The molecule has 0 aliphatic rings. The molecule has 0 atom stereocenters. The quantitative estimate of drug-likeness (QED) is 0.438. The maximum absolute atomic E-state index is 12.3. The van der Waals surface area contributed by atoms with Crippen molar-refractivity contribution in [3.63, 3.8) is 0 Å². The second-order valence-corrected chi connectivity index (χ2v) is 6.16. The van der Waals surface area contributed by atoms with Gasteiger partial charge in [0, 0.05) is 10.0 Å². The molecular weight excluding hydrogens is 420 g/mol. The lowest BCUT2D eigenvalue weighted by Crippen LogP contribution is -2.19. The Labute approximate surface area is 165 Å². The summed E-state index contributed by atoms with van der Waals surface area (Å²) in [6, 6.07) is 10.0. The summed E-state index contributed by atoms with van der Waals surface area (Å²) in [5, 5.41) is 0. The van der Waals surface area contributed by atoms with Crippen molar-refractivity contribution < 1.29 is 33.3 Å². The molecule has 2 aromatic rings. The van der Waals surface area contributed by atoms with E-state index in [1.54, 1.807) is 18.2 Å². The lowest BCUT2D eigenvalue weighted by atomic mass is 10.1. The van der Waals surface area contributed by atoms with Crippen LogP contribution in [0.3, 0.4) is 0 Å². The summed E-state index contributed by atoms with van der Waals surface area (Å²) in [4.78, 5) is 24.1. The zero-order chi connectivity index (χ0) is 19.8. The van der Waals surface area contributed by atoms with Crippen LogP contribution >= 0.6 is 15.9 Å². The van der Waals surface area contributed by atoms with Crippen LogP contribution in [0.25, 0.3) is 0 Å². The van der Waals surface area contributed by atoms with Gasteiger partial charge in [0.15, 0.2) is 24.7 Å². The lowest BCUT2D eigenvalue weighted by Gasteiger charge is -2.13. The van der Waals surface area contributed by atoms with Gasteiger partial charge in [0.1, 0.15) is 5.75 Å². The van der Waals surface area contributed by atoms with Gasteiger partial charge in [0.2, 0.25) is 11.5 Å².